The Balaban J connectivity index is 1.87. The number of hydrogen-bond acceptors (Lipinski definition) is 5. The van der Waals surface area contributed by atoms with Crippen LogP contribution in [0.3, 0.4) is 0 Å². The summed E-state index contributed by atoms with van der Waals surface area (Å²) >= 11 is -1.62. The zero-order valence-electron chi connectivity index (χ0n) is 8.75. The van der Waals surface area contributed by atoms with E-state index in [2.05, 4.69) is 0 Å². The van der Waals surface area contributed by atoms with Gasteiger partial charge in [0.15, 0.2) is 0 Å². The van der Waals surface area contributed by atoms with Crippen molar-refractivity contribution in [3.8, 4) is 11.5 Å². The standard InChI is InChI=1S/C10H12O5S/c1-12-8-3-2-4-9(5-8)13-6-10-7-14-16(11)15-10/h2-5,10H,6-7H2,1H3/t10-,16+/m0/s1. The maximum Gasteiger partial charge on any atom is 0.305 e. The van der Waals surface area contributed by atoms with Crippen LogP contribution >= 0.6 is 0 Å². The first-order valence-corrected chi connectivity index (χ1v) is 5.77. The van der Waals surface area contributed by atoms with Crippen molar-refractivity contribution in [3.05, 3.63) is 24.3 Å². The maximum absolute atomic E-state index is 10.8. The second-order valence-corrected chi connectivity index (χ2v) is 4.03. The largest absolute Gasteiger partial charge is 0.497 e. The van der Waals surface area contributed by atoms with Crippen molar-refractivity contribution in [1.82, 2.24) is 0 Å². The highest BCUT2D eigenvalue weighted by Crippen LogP contribution is 2.19. The quantitative estimate of drug-likeness (QED) is 0.793. The number of benzene rings is 1. The monoisotopic (exact) mass is 244 g/mol. The molecule has 0 spiro atoms. The fourth-order valence-electron chi connectivity index (χ4n) is 1.25. The highest BCUT2D eigenvalue weighted by atomic mass is 32.2. The molecule has 1 aliphatic heterocycles. The summed E-state index contributed by atoms with van der Waals surface area (Å²) in [6.07, 6.45) is -0.285. The molecule has 0 unspecified atom stereocenters. The molecule has 0 radical (unpaired) electrons. The fourth-order valence-corrected chi connectivity index (χ4v) is 1.91. The van der Waals surface area contributed by atoms with Crippen LogP contribution in [0, 0.1) is 0 Å². The van der Waals surface area contributed by atoms with E-state index in [1.165, 1.54) is 0 Å². The van der Waals surface area contributed by atoms with E-state index >= 15 is 0 Å². The summed E-state index contributed by atoms with van der Waals surface area (Å²) in [5.74, 6) is 1.41. The Morgan fingerprint density at radius 2 is 2.31 bits per heavy atom. The van der Waals surface area contributed by atoms with Crippen LogP contribution in [-0.2, 0) is 19.7 Å². The normalized spacial score (nSPS) is 24.3. The average molecular weight is 244 g/mol. The van der Waals surface area contributed by atoms with Crippen molar-refractivity contribution in [2.45, 2.75) is 6.10 Å². The molecule has 2 rings (SSSR count). The smallest absolute Gasteiger partial charge is 0.305 e. The summed E-state index contributed by atoms with van der Waals surface area (Å²) in [6.45, 7) is 0.593. The third-order valence-electron chi connectivity index (χ3n) is 2.04. The topological polar surface area (TPSA) is 54.0 Å². The van der Waals surface area contributed by atoms with Crippen LogP contribution in [-0.4, -0.2) is 30.6 Å². The molecule has 0 aliphatic carbocycles. The minimum absolute atomic E-state index is 0.285. The molecule has 2 atom stereocenters. The molecule has 0 N–H and O–H groups in total. The average Bonchev–Trinajstić information content (AvgIpc) is 2.73. The zero-order valence-corrected chi connectivity index (χ0v) is 9.57. The summed E-state index contributed by atoms with van der Waals surface area (Å²) in [5, 5.41) is 0. The van der Waals surface area contributed by atoms with Gasteiger partial charge < -0.3 is 9.47 Å². The molecule has 1 heterocycles. The predicted molar refractivity (Wildman–Crippen MR) is 57.5 cm³/mol. The molecule has 1 aliphatic rings. The van der Waals surface area contributed by atoms with Crippen LogP contribution in [0.25, 0.3) is 0 Å². The molecule has 16 heavy (non-hydrogen) atoms. The molecule has 6 heteroatoms. The summed E-state index contributed by atoms with van der Waals surface area (Å²) in [7, 11) is 1.59. The first-order valence-electron chi connectivity index (χ1n) is 4.77. The van der Waals surface area contributed by atoms with E-state index in [0.29, 0.717) is 12.4 Å². The Morgan fingerprint density at radius 1 is 1.50 bits per heavy atom. The van der Waals surface area contributed by atoms with Crippen LogP contribution in [0.5, 0.6) is 11.5 Å². The van der Waals surface area contributed by atoms with Crippen molar-refractivity contribution in [3.63, 3.8) is 0 Å². The molecule has 1 aromatic rings. The van der Waals surface area contributed by atoms with Crippen molar-refractivity contribution in [2.75, 3.05) is 20.3 Å². The van der Waals surface area contributed by atoms with Gasteiger partial charge in [0, 0.05) is 6.07 Å². The first kappa shape index (κ1) is 11.4. The van der Waals surface area contributed by atoms with Gasteiger partial charge in [-0.2, -0.15) is 4.21 Å². The van der Waals surface area contributed by atoms with Gasteiger partial charge in [-0.25, -0.2) is 0 Å². The van der Waals surface area contributed by atoms with E-state index in [4.69, 9.17) is 17.8 Å². The van der Waals surface area contributed by atoms with Gasteiger partial charge in [-0.05, 0) is 12.1 Å². The van der Waals surface area contributed by atoms with Gasteiger partial charge in [0.25, 0.3) is 0 Å². The number of methoxy groups -OCH3 is 1. The summed E-state index contributed by atoms with van der Waals surface area (Å²) in [5.41, 5.74) is 0. The zero-order chi connectivity index (χ0) is 11.4. The second-order valence-electron chi connectivity index (χ2n) is 3.20. The molecular formula is C10H12O5S. The first-order chi connectivity index (χ1) is 7.78. The predicted octanol–water partition coefficient (Wildman–Crippen LogP) is 1.07. The van der Waals surface area contributed by atoms with Crippen molar-refractivity contribution in [1.29, 1.82) is 0 Å². The number of ether oxygens (including phenoxy) is 2. The van der Waals surface area contributed by atoms with E-state index in [0.717, 1.165) is 5.75 Å². The van der Waals surface area contributed by atoms with Gasteiger partial charge in [-0.3, -0.25) is 8.37 Å². The lowest BCUT2D eigenvalue weighted by atomic mass is 10.3. The summed E-state index contributed by atoms with van der Waals surface area (Å²) in [6, 6.07) is 7.25. The van der Waals surface area contributed by atoms with Crippen LogP contribution < -0.4 is 9.47 Å². The molecule has 88 valence electrons. The lowest BCUT2D eigenvalue weighted by Gasteiger charge is -2.09. The van der Waals surface area contributed by atoms with Gasteiger partial charge in [0.2, 0.25) is 0 Å². The fraction of sp³-hybridized carbons (Fsp3) is 0.400. The minimum Gasteiger partial charge on any atom is -0.497 e. The highest BCUT2D eigenvalue weighted by molar-refractivity contribution is 7.75. The van der Waals surface area contributed by atoms with Crippen molar-refractivity contribution in [2.24, 2.45) is 0 Å². The highest BCUT2D eigenvalue weighted by Gasteiger charge is 2.23. The lowest BCUT2D eigenvalue weighted by Crippen LogP contribution is -2.19. The van der Waals surface area contributed by atoms with Gasteiger partial charge in [-0.1, -0.05) is 6.07 Å². The molecule has 0 aromatic heterocycles. The second kappa shape index (κ2) is 5.29. The van der Waals surface area contributed by atoms with Gasteiger partial charge in [-0.15, -0.1) is 0 Å². The number of rotatable bonds is 4. The van der Waals surface area contributed by atoms with Crippen LogP contribution in [0.1, 0.15) is 0 Å². The molecule has 0 amide bonds. The van der Waals surface area contributed by atoms with Crippen LogP contribution in [0.4, 0.5) is 0 Å². The molecular weight excluding hydrogens is 232 g/mol. The van der Waals surface area contributed by atoms with Gasteiger partial charge in [0.1, 0.15) is 24.2 Å². The SMILES string of the molecule is COc1cccc(OC[C@H]2CO[S@@](=O)O2)c1. The lowest BCUT2D eigenvalue weighted by molar-refractivity contribution is 0.151. The Kier molecular flexibility index (Phi) is 3.76. The maximum atomic E-state index is 10.8. The third-order valence-corrected chi connectivity index (χ3v) is 2.80. The third kappa shape index (κ3) is 2.94. The van der Waals surface area contributed by atoms with Crippen molar-refractivity contribution < 1.29 is 22.0 Å². The molecule has 5 nitrogen and oxygen atoms in total. The van der Waals surface area contributed by atoms with E-state index in [9.17, 15) is 4.21 Å². The van der Waals surface area contributed by atoms with Crippen molar-refractivity contribution >= 4 is 11.4 Å². The summed E-state index contributed by atoms with van der Waals surface area (Å²) < 4.78 is 31.0. The number of hydrogen-bond donors (Lipinski definition) is 0. The summed E-state index contributed by atoms with van der Waals surface area (Å²) in [4.78, 5) is 0. The minimum atomic E-state index is -1.62. The molecule has 0 bridgehead atoms. The Labute approximate surface area is 96.1 Å². The Hall–Kier alpha value is -1.11. The van der Waals surface area contributed by atoms with Gasteiger partial charge in [0.05, 0.1) is 13.7 Å². The Bertz CT molecular complexity index is 381. The van der Waals surface area contributed by atoms with E-state index in [1.54, 1.807) is 13.2 Å². The van der Waals surface area contributed by atoms with E-state index in [1.807, 2.05) is 18.2 Å². The molecule has 1 saturated heterocycles. The molecule has 1 fully saturated rings. The van der Waals surface area contributed by atoms with Gasteiger partial charge >= 0.3 is 11.4 Å². The van der Waals surface area contributed by atoms with Crippen LogP contribution in [0.15, 0.2) is 24.3 Å². The van der Waals surface area contributed by atoms with E-state index in [-0.39, 0.29) is 12.7 Å². The van der Waals surface area contributed by atoms with E-state index < -0.39 is 11.4 Å². The van der Waals surface area contributed by atoms with Crippen LogP contribution in [0.2, 0.25) is 0 Å². The molecule has 0 saturated carbocycles. The molecule has 1 aromatic carbocycles. The Morgan fingerprint density at radius 3 is 3.00 bits per heavy atom.